The maximum atomic E-state index is 9.07. The third-order valence-electron chi connectivity index (χ3n) is 1.65. The Bertz CT molecular complexity index is 86.7. The molecule has 1 aliphatic heterocycles. The molecule has 0 aromatic heterocycles. The molecule has 3 N–H and O–H groups in total. The van der Waals surface area contributed by atoms with Crippen molar-refractivity contribution < 1.29 is 5.11 Å². The summed E-state index contributed by atoms with van der Waals surface area (Å²) < 4.78 is 0. The van der Waals surface area contributed by atoms with Gasteiger partial charge in [0.15, 0.2) is 0 Å². The number of piperazine rings is 1. The number of hydrogen-bond acceptors (Lipinski definition) is 3. The summed E-state index contributed by atoms with van der Waals surface area (Å²) in [5.41, 5.74) is 0. The highest BCUT2D eigenvalue weighted by Crippen LogP contribution is 1.92. The van der Waals surface area contributed by atoms with Gasteiger partial charge < -0.3 is 15.7 Å². The molecule has 1 aliphatic rings. The first-order valence-electron chi connectivity index (χ1n) is 3.43. The van der Waals surface area contributed by atoms with Crippen LogP contribution >= 0.6 is 24.8 Å². The molecule has 1 fully saturated rings. The Morgan fingerprint density at radius 1 is 1.36 bits per heavy atom. The Balaban J connectivity index is 0. The van der Waals surface area contributed by atoms with Gasteiger partial charge in [-0.3, -0.25) is 0 Å². The molecule has 1 saturated heterocycles. The number of nitrogens with one attached hydrogen (secondary N) is 2. The van der Waals surface area contributed by atoms with Crippen LogP contribution in [0.5, 0.6) is 0 Å². The largest absolute Gasteiger partial charge is 0.392 e. The molecule has 0 radical (unpaired) electrons. The molecule has 0 spiro atoms. The number of hydrogen-bond donors (Lipinski definition) is 3. The van der Waals surface area contributed by atoms with Gasteiger partial charge in [-0.1, -0.05) is 0 Å². The van der Waals surface area contributed by atoms with Crippen LogP contribution in [-0.2, 0) is 0 Å². The lowest BCUT2D eigenvalue weighted by Crippen LogP contribution is -2.53. The van der Waals surface area contributed by atoms with Crippen LogP contribution in [0.25, 0.3) is 0 Å². The van der Waals surface area contributed by atoms with Crippen molar-refractivity contribution in [3.8, 4) is 0 Å². The second kappa shape index (κ2) is 7.13. The van der Waals surface area contributed by atoms with E-state index in [0.717, 1.165) is 19.6 Å². The van der Waals surface area contributed by atoms with E-state index >= 15 is 0 Å². The van der Waals surface area contributed by atoms with E-state index in [1.165, 1.54) is 0 Å². The summed E-state index contributed by atoms with van der Waals surface area (Å²) in [5.74, 6) is 0. The molecule has 0 aromatic carbocycles. The van der Waals surface area contributed by atoms with Crippen molar-refractivity contribution in [1.82, 2.24) is 10.6 Å². The Morgan fingerprint density at radius 2 is 2.00 bits per heavy atom. The van der Waals surface area contributed by atoms with Crippen LogP contribution in [0.1, 0.15) is 6.92 Å². The molecule has 0 aliphatic carbocycles. The van der Waals surface area contributed by atoms with Crippen LogP contribution in [0.2, 0.25) is 0 Å². The number of aliphatic hydroxyl groups is 1. The number of halogens is 2. The van der Waals surface area contributed by atoms with Crippen LogP contribution in [0.3, 0.4) is 0 Å². The van der Waals surface area contributed by atoms with Crippen molar-refractivity contribution in [3.63, 3.8) is 0 Å². The summed E-state index contributed by atoms with van der Waals surface area (Å²) in [6.45, 7) is 4.68. The van der Waals surface area contributed by atoms with Crippen molar-refractivity contribution in [1.29, 1.82) is 0 Å². The molecule has 5 heteroatoms. The minimum Gasteiger partial charge on any atom is -0.392 e. The van der Waals surface area contributed by atoms with Gasteiger partial charge in [0.1, 0.15) is 0 Å². The Labute approximate surface area is 79.8 Å². The molecule has 0 saturated carbocycles. The second-order valence-electron chi connectivity index (χ2n) is 2.51. The summed E-state index contributed by atoms with van der Waals surface area (Å²) >= 11 is 0. The van der Waals surface area contributed by atoms with Crippen LogP contribution in [0.15, 0.2) is 0 Å². The zero-order valence-corrected chi connectivity index (χ0v) is 8.17. The highest BCUT2D eigenvalue weighted by Gasteiger charge is 2.15. The molecule has 0 bridgehead atoms. The minimum absolute atomic E-state index is 0. The van der Waals surface area contributed by atoms with E-state index in [4.69, 9.17) is 5.11 Å². The van der Waals surface area contributed by atoms with Gasteiger partial charge in [0.2, 0.25) is 0 Å². The molecule has 2 atom stereocenters. The van der Waals surface area contributed by atoms with E-state index in [1.807, 2.05) is 6.92 Å². The maximum Gasteiger partial charge on any atom is 0.0677 e. The summed E-state index contributed by atoms with van der Waals surface area (Å²) in [5, 5.41) is 15.5. The van der Waals surface area contributed by atoms with E-state index in [9.17, 15) is 0 Å². The maximum absolute atomic E-state index is 9.07. The standard InChI is InChI=1S/C6H14N2O.2ClH/c1-5(9)6-4-7-2-3-8-6;;/h5-9H,2-4H2,1H3;2*1H. The van der Waals surface area contributed by atoms with Gasteiger partial charge in [-0.15, -0.1) is 24.8 Å². The van der Waals surface area contributed by atoms with Crippen molar-refractivity contribution in [2.45, 2.75) is 19.1 Å². The summed E-state index contributed by atoms with van der Waals surface area (Å²) in [6.07, 6.45) is -0.238. The summed E-state index contributed by atoms with van der Waals surface area (Å²) in [6, 6.07) is 0.249. The van der Waals surface area contributed by atoms with Gasteiger partial charge in [0, 0.05) is 25.7 Å². The minimum atomic E-state index is -0.238. The molecule has 1 rings (SSSR count). The first kappa shape index (κ1) is 14.0. The van der Waals surface area contributed by atoms with Crippen LogP contribution < -0.4 is 10.6 Å². The third kappa shape index (κ3) is 4.82. The zero-order valence-electron chi connectivity index (χ0n) is 6.54. The summed E-state index contributed by atoms with van der Waals surface area (Å²) in [7, 11) is 0. The fraction of sp³-hybridized carbons (Fsp3) is 1.00. The quantitative estimate of drug-likeness (QED) is 0.551. The molecule has 0 amide bonds. The van der Waals surface area contributed by atoms with Gasteiger partial charge in [0.25, 0.3) is 0 Å². The zero-order chi connectivity index (χ0) is 6.69. The first-order chi connectivity index (χ1) is 4.30. The van der Waals surface area contributed by atoms with E-state index in [1.54, 1.807) is 0 Å². The average Bonchev–Trinajstić information content (AvgIpc) is 1.90. The van der Waals surface area contributed by atoms with Crippen LogP contribution in [0, 0.1) is 0 Å². The molecular formula is C6H16Cl2N2O. The van der Waals surface area contributed by atoms with Crippen molar-refractivity contribution in [3.05, 3.63) is 0 Å². The van der Waals surface area contributed by atoms with Crippen LogP contribution in [0.4, 0.5) is 0 Å². The molecule has 0 aromatic rings. The predicted octanol–water partition coefficient (Wildman–Crippen LogP) is -0.228. The van der Waals surface area contributed by atoms with Gasteiger partial charge in [-0.25, -0.2) is 0 Å². The van der Waals surface area contributed by atoms with E-state index in [-0.39, 0.29) is 37.0 Å². The van der Waals surface area contributed by atoms with Crippen molar-refractivity contribution >= 4 is 24.8 Å². The Morgan fingerprint density at radius 3 is 2.27 bits per heavy atom. The lowest BCUT2D eigenvalue weighted by atomic mass is 10.1. The predicted molar refractivity (Wildman–Crippen MR) is 50.8 cm³/mol. The molecule has 2 unspecified atom stereocenters. The Kier molecular flexibility index (Phi) is 9.08. The normalized spacial score (nSPS) is 26.2. The second-order valence-corrected chi connectivity index (χ2v) is 2.51. The van der Waals surface area contributed by atoms with Gasteiger partial charge in [0.05, 0.1) is 6.10 Å². The molecule has 3 nitrogen and oxygen atoms in total. The average molecular weight is 203 g/mol. The fourth-order valence-electron chi connectivity index (χ4n) is 1.02. The Hall–Kier alpha value is 0.460. The molecule has 70 valence electrons. The van der Waals surface area contributed by atoms with E-state index in [2.05, 4.69) is 10.6 Å². The van der Waals surface area contributed by atoms with Crippen LogP contribution in [-0.4, -0.2) is 36.9 Å². The van der Waals surface area contributed by atoms with Gasteiger partial charge >= 0.3 is 0 Å². The molecule has 1 heterocycles. The van der Waals surface area contributed by atoms with Gasteiger partial charge in [-0.05, 0) is 6.92 Å². The fourth-order valence-corrected chi connectivity index (χ4v) is 1.02. The third-order valence-corrected chi connectivity index (χ3v) is 1.65. The molecule has 11 heavy (non-hydrogen) atoms. The molecular weight excluding hydrogens is 187 g/mol. The number of aliphatic hydroxyl groups excluding tert-OH is 1. The van der Waals surface area contributed by atoms with Crippen molar-refractivity contribution in [2.24, 2.45) is 0 Å². The SMILES string of the molecule is CC(O)C1CNCCN1.Cl.Cl. The topological polar surface area (TPSA) is 44.3 Å². The monoisotopic (exact) mass is 202 g/mol. The lowest BCUT2D eigenvalue weighted by molar-refractivity contribution is 0.136. The summed E-state index contributed by atoms with van der Waals surface area (Å²) in [4.78, 5) is 0. The van der Waals surface area contributed by atoms with E-state index in [0.29, 0.717) is 0 Å². The lowest BCUT2D eigenvalue weighted by Gasteiger charge is -2.26. The van der Waals surface area contributed by atoms with Crippen molar-refractivity contribution in [2.75, 3.05) is 19.6 Å². The van der Waals surface area contributed by atoms with E-state index < -0.39 is 0 Å². The first-order valence-corrected chi connectivity index (χ1v) is 3.43. The highest BCUT2D eigenvalue weighted by atomic mass is 35.5. The smallest absolute Gasteiger partial charge is 0.0677 e. The number of rotatable bonds is 1. The van der Waals surface area contributed by atoms with Gasteiger partial charge in [-0.2, -0.15) is 0 Å². The highest BCUT2D eigenvalue weighted by molar-refractivity contribution is 5.85.